The standard InChI is InChI=1S/C13H29N3O2S2/c1-11(2)14-8-13-6-5-7-16(9-13)20(17,18)15-12(3)10-19-4/h11-15H,5-10H2,1-4H3. The molecule has 1 saturated heterocycles. The van der Waals surface area contributed by atoms with E-state index >= 15 is 0 Å². The van der Waals surface area contributed by atoms with E-state index in [9.17, 15) is 8.42 Å². The van der Waals surface area contributed by atoms with Crippen LogP contribution >= 0.6 is 11.8 Å². The Balaban J connectivity index is 2.52. The summed E-state index contributed by atoms with van der Waals surface area (Å²) in [5, 5.41) is 3.40. The van der Waals surface area contributed by atoms with Crippen LogP contribution < -0.4 is 10.0 Å². The number of hydrogen-bond donors (Lipinski definition) is 2. The summed E-state index contributed by atoms with van der Waals surface area (Å²) in [6.45, 7) is 8.30. The van der Waals surface area contributed by atoms with Crippen molar-refractivity contribution in [2.45, 2.75) is 45.7 Å². The quantitative estimate of drug-likeness (QED) is 0.706. The zero-order valence-corrected chi connectivity index (χ0v) is 14.7. The van der Waals surface area contributed by atoms with Crippen LogP contribution in [0.3, 0.4) is 0 Å². The molecular formula is C13H29N3O2S2. The van der Waals surface area contributed by atoms with Crippen LogP contribution in [0.2, 0.25) is 0 Å². The molecule has 1 aliphatic rings. The minimum absolute atomic E-state index is 0.0239. The molecule has 0 bridgehead atoms. The van der Waals surface area contributed by atoms with Crippen LogP contribution in [0.4, 0.5) is 0 Å². The third-order valence-electron chi connectivity index (χ3n) is 3.40. The van der Waals surface area contributed by atoms with Crippen LogP contribution in [0.5, 0.6) is 0 Å². The maximum Gasteiger partial charge on any atom is 0.279 e. The third kappa shape index (κ3) is 6.30. The van der Waals surface area contributed by atoms with Crippen molar-refractivity contribution < 1.29 is 8.42 Å². The maximum atomic E-state index is 12.3. The Hall–Kier alpha value is 0.180. The Kier molecular flexibility index (Phi) is 7.82. The maximum absolute atomic E-state index is 12.3. The molecule has 0 radical (unpaired) electrons. The van der Waals surface area contributed by atoms with Gasteiger partial charge < -0.3 is 5.32 Å². The molecule has 0 aromatic heterocycles. The van der Waals surface area contributed by atoms with Crippen LogP contribution in [0.25, 0.3) is 0 Å². The molecule has 2 N–H and O–H groups in total. The van der Waals surface area contributed by atoms with Crippen molar-refractivity contribution >= 4 is 22.0 Å². The van der Waals surface area contributed by atoms with Gasteiger partial charge in [-0.05, 0) is 38.5 Å². The molecular weight excluding hydrogens is 294 g/mol. The number of nitrogens with zero attached hydrogens (tertiary/aromatic N) is 1. The molecule has 1 fully saturated rings. The summed E-state index contributed by atoms with van der Waals surface area (Å²) in [6, 6.07) is 0.422. The first-order valence-electron chi connectivity index (χ1n) is 7.35. The second-order valence-electron chi connectivity index (χ2n) is 5.91. The lowest BCUT2D eigenvalue weighted by Gasteiger charge is -2.33. The average Bonchev–Trinajstić information content (AvgIpc) is 2.36. The second-order valence-corrected chi connectivity index (χ2v) is 8.52. The first kappa shape index (κ1) is 18.2. The first-order chi connectivity index (χ1) is 9.35. The zero-order chi connectivity index (χ0) is 15.2. The highest BCUT2D eigenvalue weighted by molar-refractivity contribution is 7.98. The molecule has 1 aliphatic heterocycles. The van der Waals surface area contributed by atoms with Crippen molar-refractivity contribution in [3.63, 3.8) is 0 Å². The van der Waals surface area contributed by atoms with E-state index in [0.29, 0.717) is 25.0 Å². The summed E-state index contributed by atoms with van der Waals surface area (Å²) in [5.41, 5.74) is 0. The molecule has 1 heterocycles. The summed E-state index contributed by atoms with van der Waals surface area (Å²) >= 11 is 1.65. The van der Waals surface area contributed by atoms with Crippen LogP contribution in [0.15, 0.2) is 0 Å². The molecule has 2 atom stereocenters. The number of hydrogen-bond acceptors (Lipinski definition) is 4. The van der Waals surface area contributed by atoms with E-state index in [-0.39, 0.29) is 6.04 Å². The lowest BCUT2D eigenvalue weighted by atomic mass is 9.99. The smallest absolute Gasteiger partial charge is 0.279 e. The predicted molar refractivity (Wildman–Crippen MR) is 87.3 cm³/mol. The van der Waals surface area contributed by atoms with Gasteiger partial charge in [0.15, 0.2) is 0 Å². The number of thioether (sulfide) groups is 1. The van der Waals surface area contributed by atoms with Gasteiger partial charge in [-0.2, -0.15) is 29.2 Å². The molecule has 120 valence electrons. The molecule has 0 aromatic rings. The van der Waals surface area contributed by atoms with E-state index < -0.39 is 10.2 Å². The fourth-order valence-corrected chi connectivity index (χ4v) is 4.63. The van der Waals surface area contributed by atoms with Crippen molar-refractivity contribution in [3.05, 3.63) is 0 Å². The summed E-state index contributed by atoms with van der Waals surface area (Å²) in [7, 11) is -3.33. The fraction of sp³-hybridized carbons (Fsp3) is 1.00. The van der Waals surface area contributed by atoms with Gasteiger partial charge in [0.2, 0.25) is 0 Å². The van der Waals surface area contributed by atoms with Gasteiger partial charge in [0, 0.05) is 30.9 Å². The summed E-state index contributed by atoms with van der Waals surface area (Å²) < 4.78 is 29.1. The molecule has 20 heavy (non-hydrogen) atoms. The van der Waals surface area contributed by atoms with E-state index in [0.717, 1.165) is 25.1 Å². The Labute approximate surface area is 128 Å². The topological polar surface area (TPSA) is 61.4 Å². The largest absolute Gasteiger partial charge is 0.314 e. The van der Waals surface area contributed by atoms with Gasteiger partial charge in [0.1, 0.15) is 0 Å². The SMILES string of the molecule is CSCC(C)NS(=O)(=O)N1CCCC(CNC(C)C)C1. The van der Waals surface area contributed by atoms with E-state index in [1.54, 1.807) is 16.1 Å². The molecule has 0 spiro atoms. The summed E-state index contributed by atoms with van der Waals surface area (Å²) in [6.07, 6.45) is 4.04. The van der Waals surface area contributed by atoms with E-state index in [1.165, 1.54) is 0 Å². The Morgan fingerprint density at radius 1 is 1.35 bits per heavy atom. The second kappa shape index (κ2) is 8.58. The number of rotatable bonds is 8. The normalized spacial score (nSPS) is 23.1. The van der Waals surface area contributed by atoms with Gasteiger partial charge in [-0.15, -0.1) is 0 Å². The van der Waals surface area contributed by atoms with Gasteiger partial charge in [-0.3, -0.25) is 0 Å². The molecule has 0 amide bonds. The van der Waals surface area contributed by atoms with E-state index in [2.05, 4.69) is 23.9 Å². The minimum Gasteiger partial charge on any atom is -0.314 e. The predicted octanol–water partition coefficient (Wildman–Crippen LogP) is 1.28. The van der Waals surface area contributed by atoms with Crippen LogP contribution in [-0.4, -0.2) is 56.4 Å². The van der Waals surface area contributed by atoms with E-state index in [4.69, 9.17) is 0 Å². The highest BCUT2D eigenvalue weighted by Gasteiger charge is 2.29. The van der Waals surface area contributed by atoms with Crippen LogP contribution in [0, 0.1) is 5.92 Å². The number of nitrogens with one attached hydrogen (secondary N) is 2. The average molecular weight is 324 g/mol. The molecule has 0 aromatic carbocycles. The van der Waals surface area contributed by atoms with Gasteiger partial charge in [-0.25, -0.2) is 0 Å². The molecule has 2 unspecified atom stereocenters. The monoisotopic (exact) mass is 323 g/mol. The minimum atomic E-state index is -3.33. The zero-order valence-electron chi connectivity index (χ0n) is 13.1. The highest BCUT2D eigenvalue weighted by Crippen LogP contribution is 2.18. The molecule has 0 saturated carbocycles. The summed E-state index contributed by atoms with van der Waals surface area (Å²) in [4.78, 5) is 0. The molecule has 1 rings (SSSR count). The fourth-order valence-electron chi connectivity index (χ4n) is 2.43. The van der Waals surface area contributed by atoms with Gasteiger partial charge >= 0.3 is 0 Å². The van der Waals surface area contributed by atoms with Crippen LogP contribution in [-0.2, 0) is 10.2 Å². The summed E-state index contributed by atoms with van der Waals surface area (Å²) in [5.74, 6) is 1.21. The number of piperidine rings is 1. The lowest BCUT2D eigenvalue weighted by Crippen LogP contribution is -2.50. The Bertz CT molecular complexity index is 374. The van der Waals surface area contributed by atoms with Crippen LogP contribution in [0.1, 0.15) is 33.6 Å². The highest BCUT2D eigenvalue weighted by atomic mass is 32.2. The lowest BCUT2D eigenvalue weighted by molar-refractivity contribution is 0.253. The third-order valence-corrected chi connectivity index (χ3v) is 5.95. The molecule has 5 nitrogen and oxygen atoms in total. The first-order valence-corrected chi connectivity index (χ1v) is 10.2. The Morgan fingerprint density at radius 2 is 2.05 bits per heavy atom. The van der Waals surface area contributed by atoms with Crippen molar-refractivity contribution in [2.24, 2.45) is 5.92 Å². The Morgan fingerprint density at radius 3 is 2.65 bits per heavy atom. The van der Waals surface area contributed by atoms with Crippen molar-refractivity contribution in [2.75, 3.05) is 31.6 Å². The molecule has 7 heteroatoms. The van der Waals surface area contributed by atoms with Gasteiger partial charge in [0.05, 0.1) is 0 Å². The van der Waals surface area contributed by atoms with E-state index in [1.807, 2.05) is 13.2 Å². The van der Waals surface area contributed by atoms with Gasteiger partial charge in [0.25, 0.3) is 10.2 Å². The van der Waals surface area contributed by atoms with Gasteiger partial charge in [-0.1, -0.05) is 13.8 Å². The molecule has 0 aliphatic carbocycles. The van der Waals surface area contributed by atoms with Crippen molar-refractivity contribution in [1.29, 1.82) is 0 Å². The van der Waals surface area contributed by atoms with Crippen molar-refractivity contribution in [3.8, 4) is 0 Å². The van der Waals surface area contributed by atoms with Crippen molar-refractivity contribution in [1.82, 2.24) is 14.3 Å².